The van der Waals surface area contributed by atoms with E-state index in [0.29, 0.717) is 5.56 Å². The van der Waals surface area contributed by atoms with Crippen LogP contribution in [-0.2, 0) is 6.42 Å². The number of nitriles is 1. The van der Waals surface area contributed by atoms with E-state index >= 15 is 0 Å². The van der Waals surface area contributed by atoms with Crippen LogP contribution in [-0.4, -0.2) is 33.9 Å². The van der Waals surface area contributed by atoms with Gasteiger partial charge in [0.05, 0.1) is 23.5 Å². The fraction of sp³-hybridized carbons (Fsp3) is 0.364. The van der Waals surface area contributed by atoms with E-state index in [-0.39, 0.29) is 11.3 Å². The molecule has 0 radical (unpaired) electrons. The van der Waals surface area contributed by atoms with Crippen LogP contribution in [0.2, 0.25) is 0 Å². The van der Waals surface area contributed by atoms with Gasteiger partial charge in [-0.1, -0.05) is 6.07 Å². The van der Waals surface area contributed by atoms with E-state index in [1.165, 1.54) is 11.1 Å². The van der Waals surface area contributed by atoms with Gasteiger partial charge in [-0.2, -0.15) is 10.4 Å². The summed E-state index contributed by atoms with van der Waals surface area (Å²) in [7, 11) is 0. The molecule has 2 aliphatic rings. The van der Waals surface area contributed by atoms with Crippen LogP contribution < -0.4 is 4.90 Å². The van der Waals surface area contributed by atoms with Gasteiger partial charge in [0, 0.05) is 25.2 Å². The molecule has 2 aromatic heterocycles. The molecule has 6 nitrogen and oxygen atoms in total. The van der Waals surface area contributed by atoms with Crippen LogP contribution in [0, 0.1) is 29.1 Å². The van der Waals surface area contributed by atoms with E-state index in [4.69, 9.17) is 10.4 Å². The zero-order valence-corrected chi connectivity index (χ0v) is 17.8. The molecule has 29 heavy (non-hydrogen) atoms. The van der Waals surface area contributed by atoms with Crippen molar-refractivity contribution in [1.29, 1.82) is 10.7 Å². The first-order chi connectivity index (χ1) is 14.1. The third-order valence-electron chi connectivity index (χ3n) is 6.67. The molecule has 1 aliphatic heterocycles. The average molecular weight is 449 g/mol. The summed E-state index contributed by atoms with van der Waals surface area (Å²) in [6, 6.07) is 10.2. The number of fused-ring (bicyclic) bond motifs is 2. The summed E-state index contributed by atoms with van der Waals surface area (Å²) in [6.45, 7) is 3.79. The van der Waals surface area contributed by atoms with Crippen LogP contribution in [0.3, 0.4) is 0 Å². The van der Waals surface area contributed by atoms with E-state index in [1.807, 2.05) is 35.8 Å². The maximum absolute atomic E-state index is 9.27. The molecular weight excluding hydrogens is 428 g/mol. The molecule has 0 amide bonds. The number of piperidine rings is 1. The third kappa shape index (κ3) is 2.70. The first-order valence-corrected chi connectivity index (χ1v) is 10.6. The molecule has 1 N–H and O–H groups in total. The number of rotatable bonds is 2. The topological polar surface area (TPSA) is 81.1 Å². The van der Waals surface area contributed by atoms with Crippen LogP contribution in [0.1, 0.15) is 41.1 Å². The van der Waals surface area contributed by atoms with Crippen molar-refractivity contribution in [2.45, 2.75) is 32.1 Å². The maximum Gasteiger partial charge on any atom is 0.155 e. The fourth-order valence-corrected chi connectivity index (χ4v) is 5.50. The molecule has 1 atom stereocenters. The Labute approximate surface area is 177 Å². The number of anilines is 1. The molecule has 3 heterocycles. The number of hydrogen-bond donors (Lipinski definition) is 1. The van der Waals surface area contributed by atoms with Gasteiger partial charge < -0.3 is 10.3 Å². The lowest BCUT2D eigenvalue weighted by atomic mass is 9.69. The predicted molar refractivity (Wildman–Crippen MR) is 116 cm³/mol. The van der Waals surface area contributed by atoms with Crippen LogP contribution >= 0.6 is 15.9 Å². The van der Waals surface area contributed by atoms with E-state index < -0.39 is 0 Å². The second-order valence-electron chi connectivity index (χ2n) is 8.14. The predicted octanol–water partition coefficient (Wildman–Crippen LogP) is 4.25. The van der Waals surface area contributed by atoms with Crippen molar-refractivity contribution in [3.8, 4) is 6.07 Å². The standard InChI is InChI=1S/C22H21BrN6/c1-14-20(23)29-19(4-7-26-29)21(27-14)28-8-5-22(6-9-28)11-16-3-2-15(12-24)10-17(16)18(22)13-25/h2-4,7,10,13,18,25H,5-6,8-9,11H2,1H3. The van der Waals surface area contributed by atoms with Gasteiger partial charge in [0.25, 0.3) is 0 Å². The van der Waals surface area contributed by atoms with Crippen molar-refractivity contribution in [1.82, 2.24) is 14.6 Å². The normalized spacial score (nSPS) is 20.0. The summed E-state index contributed by atoms with van der Waals surface area (Å²) in [5.41, 5.74) is 5.14. The lowest BCUT2D eigenvalue weighted by Gasteiger charge is -2.43. The number of halogens is 1. The summed E-state index contributed by atoms with van der Waals surface area (Å²) in [6.07, 6.45) is 6.39. The molecular formula is C22H21BrN6. The number of benzene rings is 1. The largest absolute Gasteiger partial charge is 0.355 e. The van der Waals surface area contributed by atoms with Gasteiger partial charge in [0.1, 0.15) is 10.1 Å². The molecule has 3 aromatic rings. The maximum atomic E-state index is 9.27. The minimum atomic E-state index is 0.0651. The second kappa shape index (κ2) is 6.67. The first kappa shape index (κ1) is 18.3. The number of nitrogens with zero attached hydrogens (tertiary/aromatic N) is 5. The summed E-state index contributed by atoms with van der Waals surface area (Å²) in [5.74, 6) is 1.06. The van der Waals surface area contributed by atoms with Crippen molar-refractivity contribution < 1.29 is 0 Å². The molecule has 7 heteroatoms. The van der Waals surface area contributed by atoms with Crippen molar-refractivity contribution in [3.05, 3.63) is 57.4 Å². The Morgan fingerprint density at radius 3 is 2.83 bits per heavy atom. The molecule has 0 bridgehead atoms. The molecule has 5 rings (SSSR count). The number of aryl methyl sites for hydroxylation is 1. The first-order valence-electron chi connectivity index (χ1n) is 9.84. The molecule has 0 saturated carbocycles. The van der Waals surface area contributed by atoms with Gasteiger partial charge >= 0.3 is 0 Å². The van der Waals surface area contributed by atoms with Crippen LogP contribution in [0.15, 0.2) is 35.1 Å². The average Bonchev–Trinajstić information content (AvgIpc) is 3.33. The molecule has 1 unspecified atom stereocenters. The van der Waals surface area contributed by atoms with Gasteiger partial charge in [0.15, 0.2) is 5.82 Å². The van der Waals surface area contributed by atoms with E-state index in [2.05, 4.69) is 38.1 Å². The van der Waals surface area contributed by atoms with Crippen molar-refractivity contribution in [2.24, 2.45) is 5.41 Å². The number of nitrogens with one attached hydrogen (secondary N) is 1. The number of aromatic nitrogens is 3. The fourth-order valence-electron chi connectivity index (χ4n) is 5.13. The molecule has 1 saturated heterocycles. The second-order valence-corrected chi connectivity index (χ2v) is 8.89. The Morgan fingerprint density at radius 1 is 1.31 bits per heavy atom. The SMILES string of the molecule is Cc1nc(N2CCC3(CC2)Cc2ccc(C#N)cc2C3C=N)c2ccnn2c1Br. The highest BCUT2D eigenvalue weighted by molar-refractivity contribution is 9.10. The van der Waals surface area contributed by atoms with Crippen molar-refractivity contribution in [2.75, 3.05) is 18.0 Å². The van der Waals surface area contributed by atoms with Crippen LogP contribution in [0.25, 0.3) is 5.52 Å². The Bertz CT molecular complexity index is 1170. The van der Waals surface area contributed by atoms with Gasteiger partial charge in [-0.15, -0.1) is 0 Å². The van der Waals surface area contributed by atoms with Gasteiger partial charge in [-0.05, 0) is 76.9 Å². The highest BCUT2D eigenvalue weighted by Crippen LogP contribution is 2.53. The molecule has 1 spiro atoms. The van der Waals surface area contributed by atoms with Crippen LogP contribution in [0.4, 0.5) is 5.82 Å². The van der Waals surface area contributed by atoms with E-state index in [0.717, 1.165) is 54.0 Å². The Kier molecular flexibility index (Phi) is 4.21. The van der Waals surface area contributed by atoms with Gasteiger partial charge in [0.2, 0.25) is 0 Å². The van der Waals surface area contributed by atoms with Gasteiger partial charge in [-0.25, -0.2) is 9.50 Å². The monoisotopic (exact) mass is 448 g/mol. The Morgan fingerprint density at radius 2 is 2.10 bits per heavy atom. The molecule has 1 fully saturated rings. The summed E-state index contributed by atoms with van der Waals surface area (Å²) in [5, 5.41) is 21.8. The van der Waals surface area contributed by atoms with E-state index in [1.54, 1.807) is 6.21 Å². The Balaban J connectivity index is 1.45. The van der Waals surface area contributed by atoms with Gasteiger partial charge in [-0.3, -0.25) is 0 Å². The summed E-state index contributed by atoms with van der Waals surface area (Å²) >= 11 is 3.58. The molecule has 146 valence electrons. The smallest absolute Gasteiger partial charge is 0.155 e. The quantitative estimate of drug-likeness (QED) is 0.594. The number of hydrogen-bond acceptors (Lipinski definition) is 5. The van der Waals surface area contributed by atoms with Crippen molar-refractivity contribution >= 4 is 33.5 Å². The van der Waals surface area contributed by atoms with E-state index in [9.17, 15) is 5.26 Å². The minimum absolute atomic E-state index is 0.0651. The third-order valence-corrected chi connectivity index (χ3v) is 7.58. The highest BCUT2D eigenvalue weighted by Gasteiger charge is 2.47. The minimum Gasteiger partial charge on any atom is -0.355 e. The zero-order valence-electron chi connectivity index (χ0n) is 16.2. The molecule has 1 aromatic carbocycles. The Hall–Kier alpha value is -2.72. The lowest BCUT2D eigenvalue weighted by molar-refractivity contribution is 0.219. The highest BCUT2D eigenvalue weighted by atomic mass is 79.9. The van der Waals surface area contributed by atoms with Crippen molar-refractivity contribution in [3.63, 3.8) is 0 Å². The summed E-state index contributed by atoms with van der Waals surface area (Å²) in [4.78, 5) is 7.20. The summed E-state index contributed by atoms with van der Waals surface area (Å²) < 4.78 is 2.79. The lowest BCUT2D eigenvalue weighted by Crippen LogP contribution is -2.43. The zero-order chi connectivity index (χ0) is 20.2. The van der Waals surface area contributed by atoms with Crippen LogP contribution in [0.5, 0.6) is 0 Å². The molecule has 1 aliphatic carbocycles.